The van der Waals surface area contributed by atoms with Crippen molar-refractivity contribution in [2.24, 2.45) is 0 Å². The van der Waals surface area contributed by atoms with Crippen LogP contribution in [0.3, 0.4) is 0 Å². The molecule has 0 aliphatic rings. The smallest absolute Gasteiger partial charge is 0.234 e. The molecular weight excluding hydrogens is 340 g/mol. The van der Waals surface area contributed by atoms with Crippen LogP contribution in [0.4, 0.5) is 0 Å². The van der Waals surface area contributed by atoms with Crippen molar-refractivity contribution in [2.75, 3.05) is 13.2 Å². The fourth-order valence-corrected chi connectivity index (χ4v) is 2.69. The maximum absolute atomic E-state index is 11.4. The quantitative estimate of drug-likeness (QED) is 0.620. The molecule has 5 heteroatoms. The number of nitriles is 1. The molecule has 0 saturated heterocycles. The predicted octanol–water partition coefficient (Wildman–Crippen LogP) is 3.83. The Morgan fingerprint density at radius 3 is 2.52 bits per heavy atom. The summed E-state index contributed by atoms with van der Waals surface area (Å²) in [6.45, 7) is 1.12. The molecule has 1 N–H and O–H groups in total. The highest BCUT2D eigenvalue weighted by Crippen LogP contribution is 2.21. The van der Waals surface area contributed by atoms with Gasteiger partial charge in [-0.25, -0.2) is 0 Å². The molecule has 0 unspecified atom stereocenters. The molecule has 0 bridgehead atoms. The summed E-state index contributed by atoms with van der Waals surface area (Å²) < 4.78 is 11.6. The fourth-order valence-electron chi connectivity index (χ4n) is 2.69. The lowest BCUT2D eigenvalue weighted by Crippen LogP contribution is -2.22. The van der Waals surface area contributed by atoms with Crippen molar-refractivity contribution in [1.29, 1.82) is 5.26 Å². The molecule has 5 nitrogen and oxygen atoms in total. The molecule has 0 aromatic heterocycles. The summed E-state index contributed by atoms with van der Waals surface area (Å²) in [5.74, 6) is 1.19. The molecule has 3 rings (SSSR count). The van der Waals surface area contributed by atoms with Gasteiger partial charge in [0.05, 0.1) is 6.07 Å². The van der Waals surface area contributed by atoms with Crippen molar-refractivity contribution in [2.45, 2.75) is 13.0 Å². The van der Waals surface area contributed by atoms with Crippen LogP contribution in [0.15, 0.2) is 66.7 Å². The second-order valence-corrected chi connectivity index (χ2v) is 5.93. The van der Waals surface area contributed by atoms with Gasteiger partial charge in [0.1, 0.15) is 31.1 Å². The van der Waals surface area contributed by atoms with E-state index in [9.17, 15) is 4.79 Å². The minimum atomic E-state index is -0.299. The van der Waals surface area contributed by atoms with Crippen LogP contribution in [0.5, 0.6) is 11.5 Å². The lowest BCUT2D eigenvalue weighted by atomic mass is 10.1. The molecule has 136 valence electrons. The molecule has 3 aromatic rings. The Morgan fingerprint density at radius 1 is 0.926 bits per heavy atom. The number of nitrogens with zero attached hydrogens (tertiary/aromatic N) is 1. The van der Waals surface area contributed by atoms with Crippen LogP contribution in [-0.2, 0) is 11.3 Å². The third kappa shape index (κ3) is 5.23. The number of nitrogens with one attached hydrogen (secondary N) is 1. The molecule has 1 amide bonds. The van der Waals surface area contributed by atoms with Crippen molar-refractivity contribution in [3.63, 3.8) is 0 Å². The minimum absolute atomic E-state index is 0.150. The average molecular weight is 360 g/mol. The lowest BCUT2D eigenvalue weighted by molar-refractivity contribution is -0.120. The van der Waals surface area contributed by atoms with E-state index in [4.69, 9.17) is 14.7 Å². The molecule has 0 fully saturated rings. The summed E-state index contributed by atoms with van der Waals surface area (Å²) >= 11 is 0. The summed E-state index contributed by atoms with van der Waals surface area (Å²) in [6.07, 6.45) is -0.150. The first-order valence-electron chi connectivity index (χ1n) is 8.72. The average Bonchev–Trinajstić information content (AvgIpc) is 2.70. The molecule has 0 saturated carbocycles. The largest absolute Gasteiger partial charge is 0.490 e. The van der Waals surface area contributed by atoms with Crippen molar-refractivity contribution in [3.8, 4) is 17.6 Å². The highest BCUT2D eigenvalue weighted by atomic mass is 16.5. The zero-order valence-electron chi connectivity index (χ0n) is 14.9. The number of hydrogen-bond donors (Lipinski definition) is 1. The van der Waals surface area contributed by atoms with Gasteiger partial charge in [-0.3, -0.25) is 4.79 Å². The maximum atomic E-state index is 11.4. The van der Waals surface area contributed by atoms with Crippen molar-refractivity contribution >= 4 is 16.7 Å². The van der Waals surface area contributed by atoms with E-state index in [0.717, 1.165) is 16.7 Å². The third-order valence-electron chi connectivity index (χ3n) is 4.02. The highest BCUT2D eigenvalue weighted by Gasteiger charge is 2.06. The Bertz CT molecular complexity index is 963. The minimum Gasteiger partial charge on any atom is -0.490 e. The number of hydrogen-bond acceptors (Lipinski definition) is 4. The number of fused-ring (bicyclic) bond motifs is 1. The van der Waals surface area contributed by atoms with E-state index in [1.54, 1.807) is 0 Å². The van der Waals surface area contributed by atoms with Crippen molar-refractivity contribution in [1.82, 2.24) is 5.32 Å². The summed E-state index contributed by atoms with van der Waals surface area (Å²) in [7, 11) is 0. The second-order valence-electron chi connectivity index (χ2n) is 5.93. The van der Waals surface area contributed by atoms with Gasteiger partial charge in [-0.2, -0.15) is 5.26 Å². The van der Waals surface area contributed by atoms with Crippen LogP contribution in [0.1, 0.15) is 12.0 Å². The summed E-state index contributed by atoms with van der Waals surface area (Å²) in [6, 6.07) is 23.4. The van der Waals surface area contributed by atoms with Gasteiger partial charge < -0.3 is 14.8 Å². The SMILES string of the molecule is N#CCC(=O)NCc1ccccc1OCCOc1ccc2ccccc2c1. The number of para-hydroxylation sites is 1. The molecule has 0 spiro atoms. The maximum Gasteiger partial charge on any atom is 0.234 e. The van der Waals surface area contributed by atoms with Gasteiger partial charge in [0, 0.05) is 12.1 Å². The lowest BCUT2D eigenvalue weighted by Gasteiger charge is -2.13. The number of benzene rings is 3. The topological polar surface area (TPSA) is 71.4 Å². The Labute approximate surface area is 158 Å². The van der Waals surface area contributed by atoms with E-state index >= 15 is 0 Å². The van der Waals surface area contributed by atoms with Crippen LogP contribution in [0.2, 0.25) is 0 Å². The molecule has 0 heterocycles. The van der Waals surface area contributed by atoms with Crippen LogP contribution < -0.4 is 14.8 Å². The van der Waals surface area contributed by atoms with Gasteiger partial charge in [-0.15, -0.1) is 0 Å². The predicted molar refractivity (Wildman–Crippen MR) is 103 cm³/mol. The first-order valence-corrected chi connectivity index (χ1v) is 8.72. The van der Waals surface area contributed by atoms with Crippen molar-refractivity contribution < 1.29 is 14.3 Å². The van der Waals surface area contributed by atoms with E-state index in [2.05, 4.69) is 17.4 Å². The Balaban J connectivity index is 1.51. The summed E-state index contributed by atoms with van der Waals surface area (Å²) in [4.78, 5) is 11.4. The van der Waals surface area contributed by atoms with Crippen molar-refractivity contribution in [3.05, 3.63) is 72.3 Å². The zero-order valence-corrected chi connectivity index (χ0v) is 14.9. The highest BCUT2D eigenvalue weighted by molar-refractivity contribution is 5.83. The van der Waals surface area contributed by atoms with E-state index in [1.807, 2.05) is 60.7 Å². The molecule has 3 aromatic carbocycles. The molecule has 0 aliphatic carbocycles. The van der Waals surface area contributed by atoms with E-state index < -0.39 is 0 Å². The fraction of sp³-hybridized carbons (Fsp3) is 0.182. The van der Waals surface area contributed by atoms with Gasteiger partial charge in [-0.05, 0) is 29.0 Å². The number of rotatable bonds is 8. The monoisotopic (exact) mass is 360 g/mol. The molecule has 0 atom stereocenters. The van der Waals surface area contributed by atoms with Gasteiger partial charge >= 0.3 is 0 Å². The first-order chi connectivity index (χ1) is 13.3. The van der Waals surface area contributed by atoms with Crippen LogP contribution >= 0.6 is 0 Å². The van der Waals surface area contributed by atoms with Crippen LogP contribution in [-0.4, -0.2) is 19.1 Å². The first kappa shape index (κ1) is 18.3. The van der Waals surface area contributed by atoms with Gasteiger partial charge in [0.25, 0.3) is 0 Å². The molecule has 27 heavy (non-hydrogen) atoms. The Kier molecular flexibility index (Phi) is 6.26. The van der Waals surface area contributed by atoms with Gasteiger partial charge in [-0.1, -0.05) is 48.5 Å². The molecule has 0 aliphatic heterocycles. The third-order valence-corrected chi connectivity index (χ3v) is 4.02. The Morgan fingerprint density at radius 2 is 1.67 bits per heavy atom. The summed E-state index contributed by atoms with van der Waals surface area (Å²) in [5.41, 5.74) is 0.856. The Hall–Kier alpha value is -3.52. The van der Waals surface area contributed by atoms with E-state index in [1.165, 1.54) is 5.39 Å². The number of amides is 1. The standard InChI is InChI=1S/C22H20N2O3/c23-12-11-22(25)24-16-19-7-3-4-8-21(19)27-14-13-26-20-10-9-17-5-1-2-6-18(17)15-20/h1-10,15H,11,13-14,16H2,(H,24,25). The van der Waals surface area contributed by atoms with E-state index in [0.29, 0.717) is 25.5 Å². The zero-order chi connectivity index (χ0) is 18.9. The number of carbonyl (C=O) groups excluding carboxylic acids is 1. The van der Waals surface area contributed by atoms with Crippen LogP contribution in [0.25, 0.3) is 10.8 Å². The normalized spacial score (nSPS) is 10.2. The molecular formula is C22H20N2O3. The van der Waals surface area contributed by atoms with Gasteiger partial charge in [0.15, 0.2) is 0 Å². The summed E-state index contributed by atoms with van der Waals surface area (Å²) in [5, 5.41) is 13.5. The van der Waals surface area contributed by atoms with Crippen LogP contribution in [0, 0.1) is 11.3 Å². The number of ether oxygens (including phenoxy) is 2. The molecule has 0 radical (unpaired) electrons. The number of carbonyl (C=O) groups is 1. The van der Waals surface area contributed by atoms with E-state index in [-0.39, 0.29) is 12.3 Å². The second kappa shape index (κ2) is 9.25. The van der Waals surface area contributed by atoms with Gasteiger partial charge in [0.2, 0.25) is 5.91 Å².